The van der Waals surface area contributed by atoms with E-state index in [9.17, 15) is 41.2 Å². The highest BCUT2D eigenvalue weighted by Gasteiger charge is 2.42. The predicted octanol–water partition coefficient (Wildman–Crippen LogP) is 4.05. The molecule has 1 aromatic heterocycles. The Morgan fingerprint density at radius 2 is 1.61 bits per heavy atom. The van der Waals surface area contributed by atoms with Gasteiger partial charge in [0.05, 0.1) is 51.4 Å². The van der Waals surface area contributed by atoms with Crippen molar-refractivity contribution in [3.63, 3.8) is 0 Å². The number of halogens is 3. The molecule has 6 rings (SSSR count). The second-order valence-corrected chi connectivity index (χ2v) is 13.0. The van der Waals surface area contributed by atoms with Gasteiger partial charge in [0.25, 0.3) is 21.8 Å². The zero-order valence-corrected chi connectivity index (χ0v) is 26.5. The first kappa shape index (κ1) is 33.1. The molecule has 0 spiro atoms. The summed E-state index contributed by atoms with van der Waals surface area (Å²) in [7, 11) is -4.40. The van der Waals surface area contributed by atoms with Crippen LogP contribution >= 0.6 is 0 Å². The number of aromatic nitrogens is 2. The maximum absolute atomic E-state index is 13.5. The minimum atomic E-state index is -4.72. The lowest BCUT2D eigenvalue weighted by Gasteiger charge is -2.33. The summed E-state index contributed by atoms with van der Waals surface area (Å²) in [4.78, 5) is 43.4. The summed E-state index contributed by atoms with van der Waals surface area (Å²) in [5.41, 5.74) is 0.884. The zero-order chi connectivity index (χ0) is 35.2. The Morgan fingerprint density at radius 3 is 2.18 bits per heavy atom. The molecular formula is C31H26F3N7O7S. The first-order valence-electron chi connectivity index (χ1n) is 14.6. The molecule has 0 aliphatic carbocycles. The Kier molecular flexibility index (Phi) is 8.35. The Bertz CT molecular complexity index is 2060. The molecule has 254 valence electrons. The van der Waals surface area contributed by atoms with E-state index in [1.807, 2.05) is 11.6 Å². The second kappa shape index (κ2) is 12.3. The van der Waals surface area contributed by atoms with Crippen molar-refractivity contribution in [1.82, 2.24) is 24.4 Å². The van der Waals surface area contributed by atoms with Crippen molar-refractivity contribution < 1.29 is 45.8 Å². The van der Waals surface area contributed by atoms with Gasteiger partial charge in [-0.1, -0.05) is 42.0 Å². The third-order valence-corrected chi connectivity index (χ3v) is 9.27. The number of amides is 3. The number of sulfonamides is 1. The van der Waals surface area contributed by atoms with Crippen LogP contribution < -0.4 is 4.72 Å². The Labute approximate surface area is 276 Å². The van der Waals surface area contributed by atoms with Crippen molar-refractivity contribution in [2.75, 3.05) is 13.1 Å². The van der Waals surface area contributed by atoms with E-state index in [-0.39, 0.29) is 45.5 Å². The highest BCUT2D eigenvalue weighted by molar-refractivity contribution is 7.90. The summed E-state index contributed by atoms with van der Waals surface area (Å²) in [6.45, 7) is 2.74. The minimum absolute atomic E-state index is 0.0238. The number of carbonyl (C=O) groups is 3. The van der Waals surface area contributed by atoms with Crippen LogP contribution in [0, 0.1) is 18.0 Å². The monoisotopic (exact) mass is 697 g/mol. The molecule has 1 saturated heterocycles. The van der Waals surface area contributed by atoms with Gasteiger partial charge in [0, 0.05) is 5.56 Å². The maximum Gasteiger partial charge on any atom is 0.435 e. The largest absolute Gasteiger partial charge is 0.569 e. The highest BCUT2D eigenvalue weighted by atomic mass is 32.2. The molecule has 14 nitrogen and oxygen atoms in total. The smallest absolute Gasteiger partial charge is 0.435 e. The molecule has 49 heavy (non-hydrogen) atoms. The van der Waals surface area contributed by atoms with Crippen LogP contribution in [-0.4, -0.2) is 70.1 Å². The molecule has 1 N–H and O–H groups in total. The van der Waals surface area contributed by atoms with Gasteiger partial charge >= 0.3 is 6.18 Å². The number of aryl methyl sites for hydroxylation is 1. The number of nitrogens with one attached hydrogen (secondary N) is 1. The average molecular weight is 698 g/mol. The molecule has 1 fully saturated rings. The third-order valence-electron chi connectivity index (χ3n) is 7.91. The normalized spacial score (nSPS) is 16.0. The summed E-state index contributed by atoms with van der Waals surface area (Å²) in [6.07, 6.45) is -5.95. The van der Waals surface area contributed by atoms with E-state index in [1.54, 1.807) is 36.4 Å². The van der Waals surface area contributed by atoms with Crippen LogP contribution in [0.1, 0.15) is 38.9 Å². The molecule has 0 radical (unpaired) electrons. The number of fused-ring (bicyclic) bond motifs is 1. The molecule has 3 aromatic carbocycles. The van der Waals surface area contributed by atoms with Gasteiger partial charge in [-0.2, -0.15) is 18.3 Å². The predicted molar refractivity (Wildman–Crippen MR) is 163 cm³/mol. The molecule has 3 heterocycles. The van der Waals surface area contributed by atoms with Crippen molar-refractivity contribution in [3.05, 3.63) is 106 Å². The Hall–Kier alpha value is -5.78. The van der Waals surface area contributed by atoms with E-state index in [4.69, 9.17) is 4.84 Å². The van der Waals surface area contributed by atoms with Gasteiger partial charge in [-0.05, 0) is 56.3 Å². The molecule has 0 saturated carbocycles. The van der Waals surface area contributed by atoms with Crippen LogP contribution in [0.25, 0.3) is 16.9 Å². The summed E-state index contributed by atoms with van der Waals surface area (Å²) in [5, 5.41) is 20.5. The van der Waals surface area contributed by atoms with E-state index in [0.717, 1.165) is 38.4 Å². The van der Waals surface area contributed by atoms with Crippen molar-refractivity contribution >= 4 is 27.7 Å². The average Bonchev–Trinajstić information content (AvgIpc) is 3.59. The van der Waals surface area contributed by atoms with Gasteiger partial charge < -0.3 is 10.0 Å². The third kappa shape index (κ3) is 6.41. The molecule has 4 aromatic rings. The SMILES string of the molecule is Cc1ccc(-c2cc(C(F)(F)F)nn2-c2ccc(S(=O)(=O)NC(=O)C3CN([N+]([O-])=NOC(C)N4C(=O)c5ccccc5C4=O)C3)cc2)cc1. The van der Waals surface area contributed by atoms with E-state index >= 15 is 0 Å². The van der Waals surface area contributed by atoms with Crippen molar-refractivity contribution in [1.29, 1.82) is 0 Å². The number of hydrogen-bond donors (Lipinski definition) is 1. The minimum Gasteiger partial charge on any atom is -0.569 e. The molecule has 2 aliphatic rings. The van der Waals surface area contributed by atoms with Crippen LogP contribution in [0.5, 0.6) is 0 Å². The summed E-state index contributed by atoms with van der Waals surface area (Å²) < 4.78 is 69.5. The van der Waals surface area contributed by atoms with Gasteiger partial charge in [-0.15, -0.1) is 5.01 Å². The summed E-state index contributed by atoms with van der Waals surface area (Å²) >= 11 is 0. The van der Waals surface area contributed by atoms with Gasteiger partial charge in [0.2, 0.25) is 17.4 Å². The standard InChI is InChI=1S/C31H26F3N7O7S/c1-18-7-9-20(10-8-18)26-15-27(31(32,33)34)35-40(26)22-11-13-23(14-12-22)49(46,47)36-28(42)21-16-38(17-21)41(45)37-48-19(2)39-29(43)24-5-3-4-6-25(24)30(39)44/h3-15,19,21H,16-17H2,1-2H3,(H,36,42). The number of hydrogen-bond acceptors (Lipinski definition) is 9. The van der Waals surface area contributed by atoms with Crippen LogP contribution in [-0.2, 0) is 25.8 Å². The van der Waals surface area contributed by atoms with Crippen molar-refractivity contribution in [2.45, 2.75) is 31.1 Å². The quantitative estimate of drug-likeness (QED) is 0.117. The van der Waals surface area contributed by atoms with Crippen LogP contribution in [0.3, 0.4) is 0 Å². The Morgan fingerprint density at radius 1 is 1.02 bits per heavy atom. The summed E-state index contributed by atoms with van der Waals surface area (Å²) in [6, 6.07) is 18.6. The number of imide groups is 1. The van der Waals surface area contributed by atoms with Crippen LogP contribution in [0.2, 0.25) is 0 Å². The number of benzene rings is 3. The lowest BCUT2D eigenvalue weighted by atomic mass is 10.0. The number of carbonyl (C=O) groups excluding carboxylic acids is 3. The molecular weight excluding hydrogens is 671 g/mol. The van der Waals surface area contributed by atoms with Crippen LogP contribution in [0.4, 0.5) is 13.2 Å². The van der Waals surface area contributed by atoms with Gasteiger partial charge in [0.1, 0.15) is 0 Å². The fourth-order valence-electron chi connectivity index (χ4n) is 5.19. The van der Waals surface area contributed by atoms with E-state index in [1.165, 1.54) is 31.2 Å². The number of hydrazine groups is 1. The van der Waals surface area contributed by atoms with Gasteiger partial charge in [-0.25, -0.2) is 22.7 Å². The van der Waals surface area contributed by atoms with Crippen molar-refractivity contribution in [2.24, 2.45) is 11.2 Å². The first-order chi connectivity index (χ1) is 23.1. The van der Waals surface area contributed by atoms with Gasteiger partial charge in [0.15, 0.2) is 5.69 Å². The Balaban J connectivity index is 1.07. The van der Waals surface area contributed by atoms with Crippen molar-refractivity contribution in [3.8, 4) is 16.9 Å². The lowest BCUT2D eigenvalue weighted by molar-refractivity contribution is -0.726. The molecule has 18 heteroatoms. The summed E-state index contributed by atoms with van der Waals surface area (Å²) in [5.74, 6) is -3.05. The highest BCUT2D eigenvalue weighted by Crippen LogP contribution is 2.33. The van der Waals surface area contributed by atoms with Crippen LogP contribution in [0.15, 0.2) is 89.0 Å². The zero-order valence-electron chi connectivity index (χ0n) is 25.7. The fraction of sp³-hybridized carbons (Fsp3) is 0.226. The van der Waals surface area contributed by atoms with E-state index in [0.29, 0.717) is 5.56 Å². The van der Waals surface area contributed by atoms with E-state index < -0.39 is 51.8 Å². The topological polar surface area (TPSA) is 169 Å². The number of alkyl halides is 3. The second-order valence-electron chi connectivity index (χ2n) is 11.3. The molecule has 2 aliphatic heterocycles. The molecule has 1 unspecified atom stereocenters. The lowest BCUT2D eigenvalue weighted by Crippen LogP contribution is -2.56. The number of rotatable bonds is 9. The maximum atomic E-state index is 13.5. The molecule has 0 bridgehead atoms. The van der Waals surface area contributed by atoms with E-state index in [2.05, 4.69) is 10.4 Å². The fourth-order valence-corrected chi connectivity index (χ4v) is 6.24. The number of nitrogens with zero attached hydrogens (tertiary/aromatic N) is 6. The van der Waals surface area contributed by atoms with Gasteiger partial charge in [-0.3, -0.25) is 14.4 Å². The molecule has 1 atom stereocenters. The molecule has 3 amide bonds. The first-order valence-corrected chi connectivity index (χ1v) is 16.1.